The number of nitro groups is 1. The number of H-pyrrole nitrogens is 1. The van der Waals surface area contributed by atoms with Gasteiger partial charge in [0.2, 0.25) is 5.95 Å². The third kappa shape index (κ3) is 2.69. The Balaban J connectivity index is 1.67. The maximum Gasteiger partial charge on any atom is 0.433 e. The highest BCUT2D eigenvalue weighted by atomic mass is 16.6. The van der Waals surface area contributed by atoms with E-state index in [1.54, 1.807) is 13.0 Å². The number of anilines is 1. The predicted molar refractivity (Wildman–Crippen MR) is 91.3 cm³/mol. The van der Waals surface area contributed by atoms with Crippen molar-refractivity contribution in [2.75, 3.05) is 5.32 Å². The van der Waals surface area contributed by atoms with Crippen molar-refractivity contribution in [2.24, 2.45) is 0 Å². The number of benzene rings is 1. The van der Waals surface area contributed by atoms with Crippen molar-refractivity contribution >= 4 is 28.6 Å². The SMILES string of the molecule is Cc1cc(NC(=O)c2ccc([N+](=O)[O-])o2)n(-c2nc3ccccc3[nH]2)n1. The fourth-order valence-electron chi connectivity index (χ4n) is 2.52. The van der Waals surface area contributed by atoms with Crippen LogP contribution in [-0.4, -0.2) is 30.6 Å². The lowest BCUT2D eigenvalue weighted by molar-refractivity contribution is -0.402. The molecule has 0 saturated carbocycles. The van der Waals surface area contributed by atoms with Gasteiger partial charge in [-0.05, 0) is 25.1 Å². The number of aromatic amines is 1. The Morgan fingerprint density at radius 2 is 2.12 bits per heavy atom. The van der Waals surface area contributed by atoms with Crippen molar-refractivity contribution in [3.8, 4) is 5.95 Å². The van der Waals surface area contributed by atoms with Gasteiger partial charge in [-0.15, -0.1) is 0 Å². The first-order valence-corrected chi connectivity index (χ1v) is 7.58. The molecule has 0 atom stereocenters. The fraction of sp³-hybridized carbons (Fsp3) is 0.0625. The largest absolute Gasteiger partial charge is 0.433 e. The quantitative estimate of drug-likeness (QED) is 0.429. The van der Waals surface area contributed by atoms with Gasteiger partial charge in [0.25, 0.3) is 5.91 Å². The normalized spacial score (nSPS) is 11.0. The fourth-order valence-corrected chi connectivity index (χ4v) is 2.52. The minimum absolute atomic E-state index is 0.174. The number of nitrogens with one attached hydrogen (secondary N) is 2. The Morgan fingerprint density at radius 1 is 1.31 bits per heavy atom. The molecule has 3 heterocycles. The molecule has 0 unspecified atom stereocenters. The third-order valence-corrected chi connectivity index (χ3v) is 3.65. The summed E-state index contributed by atoms with van der Waals surface area (Å²) < 4.78 is 6.36. The molecular weight excluding hydrogens is 340 g/mol. The lowest BCUT2D eigenvalue weighted by Gasteiger charge is -2.04. The summed E-state index contributed by atoms with van der Waals surface area (Å²) in [6.45, 7) is 1.77. The number of fused-ring (bicyclic) bond motifs is 1. The molecule has 10 nitrogen and oxygen atoms in total. The van der Waals surface area contributed by atoms with Crippen LogP contribution in [0.3, 0.4) is 0 Å². The van der Waals surface area contributed by atoms with Gasteiger partial charge in [-0.1, -0.05) is 12.1 Å². The van der Waals surface area contributed by atoms with Crippen LogP contribution in [0.5, 0.6) is 0 Å². The first-order chi connectivity index (χ1) is 12.5. The Hall–Kier alpha value is -3.95. The molecule has 2 N–H and O–H groups in total. The van der Waals surface area contributed by atoms with Gasteiger partial charge in [-0.25, -0.2) is 4.98 Å². The molecule has 0 spiro atoms. The zero-order chi connectivity index (χ0) is 18.3. The molecule has 0 bridgehead atoms. The second-order valence-corrected chi connectivity index (χ2v) is 5.51. The molecule has 3 aromatic heterocycles. The van der Waals surface area contributed by atoms with E-state index in [0.717, 1.165) is 17.1 Å². The Labute approximate surface area is 145 Å². The number of para-hydroxylation sites is 2. The van der Waals surface area contributed by atoms with E-state index in [2.05, 4.69) is 20.4 Å². The number of aryl methyl sites for hydroxylation is 1. The zero-order valence-electron chi connectivity index (χ0n) is 13.5. The van der Waals surface area contributed by atoms with E-state index in [-0.39, 0.29) is 5.76 Å². The summed E-state index contributed by atoms with van der Waals surface area (Å²) in [4.78, 5) is 29.9. The molecule has 1 amide bonds. The van der Waals surface area contributed by atoms with Gasteiger partial charge in [-0.2, -0.15) is 9.78 Å². The van der Waals surface area contributed by atoms with Crippen LogP contribution in [0.2, 0.25) is 0 Å². The van der Waals surface area contributed by atoms with Crippen molar-refractivity contribution in [3.63, 3.8) is 0 Å². The number of aromatic nitrogens is 4. The molecule has 26 heavy (non-hydrogen) atoms. The molecule has 0 aliphatic rings. The molecule has 10 heteroatoms. The number of imidazole rings is 1. The van der Waals surface area contributed by atoms with Crippen LogP contribution in [-0.2, 0) is 0 Å². The Morgan fingerprint density at radius 3 is 2.85 bits per heavy atom. The minimum Gasteiger partial charge on any atom is -0.395 e. The van der Waals surface area contributed by atoms with E-state index in [9.17, 15) is 14.9 Å². The number of rotatable bonds is 4. The van der Waals surface area contributed by atoms with Crippen LogP contribution in [0, 0.1) is 17.0 Å². The van der Waals surface area contributed by atoms with E-state index in [1.165, 1.54) is 10.7 Å². The van der Waals surface area contributed by atoms with Crippen molar-refractivity contribution in [1.82, 2.24) is 19.7 Å². The monoisotopic (exact) mass is 352 g/mol. The number of hydrogen-bond donors (Lipinski definition) is 2. The Kier molecular flexibility index (Phi) is 3.50. The van der Waals surface area contributed by atoms with Gasteiger partial charge in [0, 0.05) is 6.07 Å². The molecule has 4 rings (SSSR count). The average molecular weight is 352 g/mol. The summed E-state index contributed by atoms with van der Waals surface area (Å²) in [5.41, 5.74) is 2.25. The number of carbonyl (C=O) groups excluding carboxylic acids is 1. The van der Waals surface area contributed by atoms with Crippen LogP contribution in [0.25, 0.3) is 17.0 Å². The van der Waals surface area contributed by atoms with Crippen LogP contribution >= 0.6 is 0 Å². The number of nitrogens with zero attached hydrogens (tertiary/aromatic N) is 4. The zero-order valence-corrected chi connectivity index (χ0v) is 13.5. The van der Waals surface area contributed by atoms with Gasteiger partial charge in [0.05, 0.1) is 22.8 Å². The summed E-state index contributed by atoms with van der Waals surface area (Å²) in [5, 5.41) is 17.6. The number of carbonyl (C=O) groups is 1. The summed E-state index contributed by atoms with van der Waals surface area (Å²) in [5.74, 6) is -0.523. The van der Waals surface area contributed by atoms with Crippen molar-refractivity contribution in [2.45, 2.75) is 6.92 Å². The van der Waals surface area contributed by atoms with Gasteiger partial charge in [0.15, 0.2) is 5.76 Å². The molecule has 0 aliphatic carbocycles. The third-order valence-electron chi connectivity index (χ3n) is 3.65. The lowest BCUT2D eigenvalue weighted by Crippen LogP contribution is -2.15. The minimum atomic E-state index is -0.709. The summed E-state index contributed by atoms with van der Waals surface area (Å²) in [7, 11) is 0. The van der Waals surface area contributed by atoms with Crippen molar-refractivity contribution < 1.29 is 14.1 Å². The van der Waals surface area contributed by atoms with Gasteiger partial charge in [-0.3, -0.25) is 14.9 Å². The maximum absolute atomic E-state index is 12.3. The Bertz CT molecular complexity index is 1110. The molecule has 0 aliphatic heterocycles. The van der Waals surface area contributed by atoms with Gasteiger partial charge < -0.3 is 14.7 Å². The second kappa shape index (κ2) is 5.84. The molecular formula is C16H12N6O4. The van der Waals surface area contributed by atoms with E-state index in [4.69, 9.17) is 4.42 Å². The first kappa shape index (κ1) is 15.6. The molecule has 0 fully saturated rings. The van der Waals surface area contributed by atoms with E-state index >= 15 is 0 Å². The number of furan rings is 1. The molecule has 0 radical (unpaired) electrons. The molecule has 130 valence electrons. The topological polar surface area (TPSA) is 132 Å². The number of hydrogen-bond acceptors (Lipinski definition) is 6. The predicted octanol–water partition coefficient (Wildman–Crippen LogP) is 2.81. The molecule has 4 aromatic rings. The van der Waals surface area contributed by atoms with Crippen LogP contribution in [0.4, 0.5) is 11.7 Å². The van der Waals surface area contributed by atoms with Crippen molar-refractivity contribution in [1.29, 1.82) is 0 Å². The first-order valence-electron chi connectivity index (χ1n) is 7.58. The van der Waals surface area contributed by atoms with E-state index in [1.807, 2.05) is 24.3 Å². The van der Waals surface area contributed by atoms with Crippen LogP contribution in [0.15, 0.2) is 46.9 Å². The highest BCUT2D eigenvalue weighted by Gasteiger charge is 2.20. The second-order valence-electron chi connectivity index (χ2n) is 5.51. The summed E-state index contributed by atoms with van der Waals surface area (Å²) in [6, 6.07) is 11.5. The summed E-state index contributed by atoms with van der Waals surface area (Å²) >= 11 is 0. The van der Waals surface area contributed by atoms with Gasteiger partial charge >= 0.3 is 5.88 Å². The number of amides is 1. The van der Waals surface area contributed by atoms with Gasteiger partial charge in [0.1, 0.15) is 10.7 Å². The standard InChI is InChI=1S/C16H12N6O4/c1-9-8-13(19-15(23)12-6-7-14(26-12)22(24)25)21(20-9)16-17-10-4-2-3-5-11(10)18-16/h2-8H,1H3,(H,17,18)(H,19,23). The van der Waals surface area contributed by atoms with E-state index < -0.39 is 16.7 Å². The van der Waals surface area contributed by atoms with Crippen LogP contribution in [0.1, 0.15) is 16.2 Å². The van der Waals surface area contributed by atoms with E-state index in [0.29, 0.717) is 17.5 Å². The highest BCUT2D eigenvalue weighted by Crippen LogP contribution is 2.21. The highest BCUT2D eigenvalue weighted by molar-refractivity contribution is 6.02. The average Bonchev–Trinajstić information content (AvgIpc) is 3.31. The summed E-state index contributed by atoms with van der Waals surface area (Å²) in [6.07, 6.45) is 0. The smallest absolute Gasteiger partial charge is 0.395 e. The lowest BCUT2D eigenvalue weighted by atomic mass is 10.3. The molecule has 1 aromatic carbocycles. The maximum atomic E-state index is 12.3. The van der Waals surface area contributed by atoms with Crippen LogP contribution < -0.4 is 5.32 Å². The van der Waals surface area contributed by atoms with Crippen molar-refractivity contribution in [3.05, 3.63) is 64.0 Å². The molecule has 0 saturated heterocycles.